The summed E-state index contributed by atoms with van der Waals surface area (Å²) in [5.74, 6) is 0.0357. The zero-order valence-corrected chi connectivity index (χ0v) is 7.59. The minimum atomic E-state index is -1.13. The second-order valence-electron chi connectivity index (χ2n) is 2.95. The zero-order chi connectivity index (χ0) is 10.6. The summed E-state index contributed by atoms with van der Waals surface area (Å²) in [7, 11) is 0. The Morgan fingerprint density at radius 3 is 2.86 bits per heavy atom. The summed E-state index contributed by atoms with van der Waals surface area (Å²) < 4.78 is 4.79. The van der Waals surface area contributed by atoms with Gasteiger partial charge in [0.05, 0.1) is 12.4 Å². The number of aliphatic hydroxyl groups is 2. The van der Waals surface area contributed by atoms with Gasteiger partial charge >= 0.3 is 0 Å². The molecule has 14 heavy (non-hydrogen) atoms. The van der Waals surface area contributed by atoms with E-state index in [0.717, 1.165) is 0 Å². The number of aliphatic hydroxyl groups excluding tert-OH is 2. The summed E-state index contributed by atoms with van der Waals surface area (Å²) in [6.07, 6.45) is -0.0516. The van der Waals surface area contributed by atoms with E-state index in [0.29, 0.717) is 11.8 Å². The fourth-order valence-corrected chi connectivity index (χ4v) is 1.21. The molecule has 0 aliphatic carbocycles. The molecule has 0 aromatic carbocycles. The van der Waals surface area contributed by atoms with Gasteiger partial charge in [-0.25, -0.2) is 0 Å². The molecule has 1 heterocycles. The van der Waals surface area contributed by atoms with Crippen molar-refractivity contribution in [3.63, 3.8) is 0 Å². The number of nitrogens with two attached hydrogens (primary N) is 1. The van der Waals surface area contributed by atoms with Crippen LogP contribution >= 0.6 is 0 Å². The van der Waals surface area contributed by atoms with E-state index in [-0.39, 0.29) is 18.7 Å². The summed E-state index contributed by atoms with van der Waals surface area (Å²) >= 11 is 0. The van der Waals surface area contributed by atoms with E-state index >= 15 is 0 Å². The summed E-state index contributed by atoms with van der Waals surface area (Å²) in [6, 6.07) is 1.45. The Morgan fingerprint density at radius 1 is 1.57 bits per heavy atom. The van der Waals surface area contributed by atoms with Crippen LogP contribution in [0.15, 0.2) is 16.7 Å². The summed E-state index contributed by atoms with van der Waals surface area (Å²) in [4.78, 5) is 10.5. The number of carbonyl (C=O) groups excluding carboxylic acids is 1. The first-order valence-electron chi connectivity index (χ1n) is 4.29. The number of furan rings is 1. The largest absolute Gasteiger partial charge is 0.461 e. The van der Waals surface area contributed by atoms with Gasteiger partial charge in [-0.2, -0.15) is 0 Å². The van der Waals surface area contributed by atoms with Crippen molar-refractivity contribution in [3.05, 3.63) is 23.7 Å². The van der Waals surface area contributed by atoms with Gasteiger partial charge in [0.15, 0.2) is 12.0 Å². The molecular weight excluding hydrogens is 186 g/mol. The Hall–Kier alpha value is -1.17. The fraction of sp³-hybridized carbons (Fsp3) is 0.444. The Kier molecular flexibility index (Phi) is 3.82. The van der Waals surface area contributed by atoms with Crippen molar-refractivity contribution in [2.75, 3.05) is 6.54 Å². The Morgan fingerprint density at radius 2 is 2.29 bits per heavy atom. The van der Waals surface area contributed by atoms with Crippen LogP contribution in [-0.4, -0.2) is 29.1 Å². The van der Waals surface area contributed by atoms with Gasteiger partial charge in [-0.3, -0.25) is 4.79 Å². The maximum absolute atomic E-state index is 10.5. The predicted molar refractivity (Wildman–Crippen MR) is 48.7 cm³/mol. The van der Waals surface area contributed by atoms with Gasteiger partial charge in [0.2, 0.25) is 0 Å². The highest BCUT2D eigenvalue weighted by Gasteiger charge is 2.22. The van der Waals surface area contributed by atoms with Gasteiger partial charge in [0.1, 0.15) is 6.10 Å². The normalized spacial score (nSPS) is 15.1. The average molecular weight is 199 g/mol. The van der Waals surface area contributed by atoms with Crippen molar-refractivity contribution in [3.8, 4) is 0 Å². The van der Waals surface area contributed by atoms with Crippen LogP contribution in [0.25, 0.3) is 0 Å². The maximum atomic E-state index is 10.5. The topological polar surface area (TPSA) is 96.7 Å². The molecule has 1 rings (SSSR count). The van der Waals surface area contributed by atoms with Crippen LogP contribution in [0.2, 0.25) is 0 Å². The lowest BCUT2D eigenvalue weighted by Gasteiger charge is -2.15. The van der Waals surface area contributed by atoms with Crippen LogP contribution in [0.5, 0.6) is 0 Å². The molecular formula is C9H13NO4. The van der Waals surface area contributed by atoms with Crippen LogP contribution in [-0.2, 0) is 0 Å². The van der Waals surface area contributed by atoms with Crippen LogP contribution < -0.4 is 5.73 Å². The van der Waals surface area contributed by atoms with Gasteiger partial charge in [0.25, 0.3) is 0 Å². The molecule has 1 aromatic heterocycles. The van der Waals surface area contributed by atoms with Crippen LogP contribution in [0.3, 0.4) is 0 Å². The van der Waals surface area contributed by atoms with Crippen molar-refractivity contribution in [2.24, 2.45) is 5.73 Å². The monoisotopic (exact) mass is 199 g/mol. The molecule has 0 aliphatic heterocycles. The summed E-state index contributed by atoms with van der Waals surface area (Å²) in [6.45, 7) is 0.270. The number of aldehydes is 1. The molecule has 0 saturated carbocycles. The maximum Gasteiger partial charge on any atom is 0.185 e. The molecule has 4 N–H and O–H groups in total. The molecule has 0 bridgehead atoms. The second-order valence-corrected chi connectivity index (χ2v) is 2.95. The number of rotatable bonds is 5. The minimum Gasteiger partial charge on any atom is -0.461 e. The molecule has 2 unspecified atom stereocenters. The van der Waals surface area contributed by atoms with Gasteiger partial charge in [0, 0.05) is 5.56 Å². The van der Waals surface area contributed by atoms with Gasteiger partial charge in [-0.05, 0) is 19.0 Å². The Bertz CT molecular complexity index is 297. The van der Waals surface area contributed by atoms with Crippen molar-refractivity contribution in [2.45, 2.75) is 18.6 Å². The highest BCUT2D eigenvalue weighted by Crippen LogP contribution is 2.22. The molecule has 2 atom stereocenters. The minimum absolute atomic E-state index is 0.0357. The van der Waals surface area contributed by atoms with E-state index in [4.69, 9.17) is 10.2 Å². The third-order valence-electron chi connectivity index (χ3n) is 1.98. The Labute approximate surface area is 81.1 Å². The van der Waals surface area contributed by atoms with Crippen molar-refractivity contribution in [1.82, 2.24) is 0 Å². The molecule has 78 valence electrons. The zero-order valence-electron chi connectivity index (χ0n) is 7.59. The standard InChI is InChI=1S/C9H13NO4/c10-3-1-7(12)9(13)6-2-4-14-8(6)5-11/h2,4-5,7,9,12-13H,1,3,10H2. The highest BCUT2D eigenvalue weighted by molar-refractivity contribution is 5.73. The summed E-state index contributed by atoms with van der Waals surface area (Å²) in [5, 5.41) is 19.0. The van der Waals surface area contributed by atoms with Crippen LogP contribution in [0.4, 0.5) is 0 Å². The third-order valence-corrected chi connectivity index (χ3v) is 1.98. The van der Waals surface area contributed by atoms with E-state index in [1.165, 1.54) is 12.3 Å². The molecule has 1 aromatic rings. The van der Waals surface area contributed by atoms with Crippen molar-refractivity contribution in [1.29, 1.82) is 0 Å². The fourth-order valence-electron chi connectivity index (χ4n) is 1.21. The first-order chi connectivity index (χ1) is 6.70. The smallest absolute Gasteiger partial charge is 0.185 e. The van der Waals surface area contributed by atoms with Crippen LogP contribution in [0.1, 0.15) is 28.6 Å². The number of hydrogen-bond donors (Lipinski definition) is 3. The molecule has 0 fully saturated rings. The predicted octanol–water partition coefficient (Wildman–Crippen LogP) is -0.165. The van der Waals surface area contributed by atoms with Gasteiger partial charge in [-0.15, -0.1) is 0 Å². The molecule has 0 spiro atoms. The quantitative estimate of drug-likeness (QED) is 0.572. The average Bonchev–Trinajstić information content (AvgIpc) is 2.64. The van der Waals surface area contributed by atoms with Crippen LogP contribution in [0, 0.1) is 0 Å². The molecule has 0 amide bonds. The van der Waals surface area contributed by atoms with Crippen molar-refractivity contribution < 1.29 is 19.4 Å². The molecule has 0 aliphatic rings. The van der Waals surface area contributed by atoms with Gasteiger partial charge < -0.3 is 20.4 Å². The third kappa shape index (κ3) is 2.20. The first-order valence-corrected chi connectivity index (χ1v) is 4.29. The van der Waals surface area contributed by atoms with E-state index in [2.05, 4.69) is 0 Å². The first kappa shape index (κ1) is 10.9. The van der Waals surface area contributed by atoms with E-state index in [9.17, 15) is 15.0 Å². The molecule has 0 radical (unpaired) electrons. The molecule has 5 nitrogen and oxygen atoms in total. The number of carbonyl (C=O) groups is 1. The van der Waals surface area contributed by atoms with E-state index in [1.54, 1.807) is 0 Å². The van der Waals surface area contributed by atoms with Crippen molar-refractivity contribution >= 4 is 6.29 Å². The summed E-state index contributed by atoms with van der Waals surface area (Å²) in [5.41, 5.74) is 5.52. The molecule has 5 heteroatoms. The van der Waals surface area contributed by atoms with E-state index in [1.807, 2.05) is 0 Å². The van der Waals surface area contributed by atoms with Gasteiger partial charge in [-0.1, -0.05) is 0 Å². The second kappa shape index (κ2) is 4.90. The lowest BCUT2D eigenvalue weighted by atomic mass is 10.0. The Balaban J connectivity index is 2.77. The number of hydrogen-bond acceptors (Lipinski definition) is 5. The SMILES string of the molecule is NCCC(O)C(O)c1ccoc1C=O. The lowest BCUT2D eigenvalue weighted by Crippen LogP contribution is -2.22. The highest BCUT2D eigenvalue weighted by atomic mass is 16.3. The molecule has 0 saturated heterocycles. The lowest BCUT2D eigenvalue weighted by molar-refractivity contribution is 0.0142. The van der Waals surface area contributed by atoms with E-state index < -0.39 is 12.2 Å².